The number of rotatable bonds is 4. The number of nitrogens with zero attached hydrogens (tertiary/aromatic N) is 2. The molecule has 0 saturated heterocycles. The Morgan fingerprint density at radius 2 is 2.20 bits per heavy atom. The summed E-state index contributed by atoms with van der Waals surface area (Å²) in [6.45, 7) is 3.91. The highest BCUT2D eigenvalue weighted by molar-refractivity contribution is 9.10. The minimum absolute atomic E-state index is 0.0343. The first kappa shape index (κ1) is 14.9. The highest BCUT2D eigenvalue weighted by Crippen LogP contribution is 2.35. The molecule has 1 aromatic heterocycles. The zero-order valence-corrected chi connectivity index (χ0v) is 12.9. The first-order chi connectivity index (χ1) is 9.45. The van der Waals surface area contributed by atoms with Crippen LogP contribution in [-0.2, 0) is 0 Å². The van der Waals surface area contributed by atoms with Crippen LogP contribution in [0.5, 0.6) is 0 Å². The summed E-state index contributed by atoms with van der Waals surface area (Å²) in [5.74, 6) is -0.111. The van der Waals surface area contributed by atoms with Gasteiger partial charge in [0.05, 0.1) is 10.4 Å². The van der Waals surface area contributed by atoms with E-state index >= 15 is 0 Å². The smallest absolute Gasteiger partial charge is 0.291 e. The van der Waals surface area contributed by atoms with Crippen molar-refractivity contribution in [3.8, 4) is 0 Å². The SMILES string of the molecule is CCC(N)C(C)c1c([N+](=O)[O-])cnc2ccc(Br)cc12. The Morgan fingerprint density at radius 3 is 2.80 bits per heavy atom. The summed E-state index contributed by atoms with van der Waals surface area (Å²) < 4.78 is 0.866. The average Bonchev–Trinajstić information content (AvgIpc) is 2.44. The summed E-state index contributed by atoms with van der Waals surface area (Å²) in [6, 6.07) is 5.45. The first-order valence-corrected chi connectivity index (χ1v) is 7.23. The molecule has 0 aliphatic rings. The van der Waals surface area contributed by atoms with E-state index in [2.05, 4.69) is 20.9 Å². The molecule has 0 spiro atoms. The molecule has 0 aliphatic carbocycles. The fourth-order valence-corrected chi connectivity index (χ4v) is 2.73. The van der Waals surface area contributed by atoms with Gasteiger partial charge < -0.3 is 5.73 Å². The van der Waals surface area contributed by atoms with E-state index in [-0.39, 0.29) is 22.6 Å². The van der Waals surface area contributed by atoms with Gasteiger partial charge in [0.25, 0.3) is 5.69 Å². The van der Waals surface area contributed by atoms with E-state index in [4.69, 9.17) is 5.73 Å². The Bertz CT molecular complexity index is 660. The van der Waals surface area contributed by atoms with Crippen LogP contribution in [0.25, 0.3) is 10.9 Å². The minimum Gasteiger partial charge on any atom is -0.327 e. The largest absolute Gasteiger partial charge is 0.327 e. The normalized spacial score (nSPS) is 14.2. The number of halogens is 1. The van der Waals surface area contributed by atoms with E-state index in [1.807, 2.05) is 32.0 Å². The van der Waals surface area contributed by atoms with Crippen molar-refractivity contribution >= 4 is 32.5 Å². The van der Waals surface area contributed by atoms with Gasteiger partial charge in [-0.05, 0) is 24.6 Å². The molecule has 0 saturated carbocycles. The maximum Gasteiger partial charge on any atom is 0.291 e. The zero-order valence-electron chi connectivity index (χ0n) is 11.3. The summed E-state index contributed by atoms with van der Waals surface area (Å²) in [6.07, 6.45) is 2.08. The van der Waals surface area contributed by atoms with Crippen molar-refractivity contribution in [3.63, 3.8) is 0 Å². The van der Waals surface area contributed by atoms with Crippen LogP contribution < -0.4 is 5.73 Å². The van der Waals surface area contributed by atoms with E-state index in [0.29, 0.717) is 5.56 Å². The van der Waals surface area contributed by atoms with Gasteiger partial charge in [-0.1, -0.05) is 29.8 Å². The molecule has 6 heteroatoms. The predicted molar refractivity (Wildman–Crippen MR) is 82.8 cm³/mol. The third-order valence-electron chi connectivity index (χ3n) is 3.62. The summed E-state index contributed by atoms with van der Waals surface area (Å²) >= 11 is 3.40. The van der Waals surface area contributed by atoms with Gasteiger partial charge >= 0.3 is 0 Å². The van der Waals surface area contributed by atoms with Crippen molar-refractivity contribution in [1.29, 1.82) is 0 Å². The molecular formula is C14H16BrN3O2. The van der Waals surface area contributed by atoms with E-state index in [0.717, 1.165) is 21.8 Å². The third-order valence-corrected chi connectivity index (χ3v) is 4.11. The zero-order chi connectivity index (χ0) is 14.9. The summed E-state index contributed by atoms with van der Waals surface area (Å²) in [4.78, 5) is 15.1. The number of hydrogen-bond donors (Lipinski definition) is 1. The van der Waals surface area contributed by atoms with Crippen LogP contribution in [0.15, 0.2) is 28.9 Å². The second kappa shape index (κ2) is 5.85. The van der Waals surface area contributed by atoms with Crippen LogP contribution >= 0.6 is 15.9 Å². The van der Waals surface area contributed by atoms with Crippen molar-refractivity contribution in [1.82, 2.24) is 4.98 Å². The van der Waals surface area contributed by atoms with Crippen molar-refractivity contribution in [2.75, 3.05) is 0 Å². The molecule has 2 aromatic rings. The number of nitro groups is 1. The lowest BCUT2D eigenvalue weighted by Crippen LogP contribution is -2.26. The van der Waals surface area contributed by atoms with Gasteiger partial charge in [0, 0.05) is 27.4 Å². The molecule has 2 rings (SSSR count). The van der Waals surface area contributed by atoms with E-state index in [9.17, 15) is 10.1 Å². The number of fused-ring (bicyclic) bond motifs is 1. The summed E-state index contributed by atoms with van der Waals surface area (Å²) in [5.41, 5.74) is 7.53. The molecule has 5 nitrogen and oxygen atoms in total. The lowest BCUT2D eigenvalue weighted by Gasteiger charge is -2.20. The van der Waals surface area contributed by atoms with E-state index in [1.165, 1.54) is 6.20 Å². The maximum absolute atomic E-state index is 11.3. The van der Waals surface area contributed by atoms with Crippen LogP contribution in [0.4, 0.5) is 5.69 Å². The Labute approximate surface area is 125 Å². The fraction of sp³-hybridized carbons (Fsp3) is 0.357. The summed E-state index contributed by atoms with van der Waals surface area (Å²) in [7, 11) is 0. The Morgan fingerprint density at radius 1 is 1.50 bits per heavy atom. The Hall–Kier alpha value is -1.53. The molecule has 0 aliphatic heterocycles. The molecule has 0 amide bonds. The van der Waals surface area contributed by atoms with Crippen LogP contribution in [0.1, 0.15) is 31.7 Å². The van der Waals surface area contributed by atoms with Gasteiger partial charge in [0.1, 0.15) is 6.20 Å². The molecule has 1 heterocycles. The second-order valence-electron chi connectivity index (χ2n) is 4.84. The van der Waals surface area contributed by atoms with Crippen LogP contribution in [0.2, 0.25) is 0 Å². The first-order valence-electron chi connectivity index (χ1n) is 6.43. The van der Waals surface area contributed by atoms with E-state index in [1.54, 1.807) is 0 Å². The molecule has 0 fully saturated rings. The molecule has 2 atom stereocenters. The molecular weight excluding hydrogens is 322 g/mol. The van der Waals surface area contributed by atoms with Crippen LogP contribution in [0.3, 0.4) is 0 Å². The van der Waals surface area contributed by atoms with Crippen molar-refractivity contribution in [2.45, 2.75) is 32.2 Å². The molecule has 106 valence electrons. The maximum atomic E-state index is 11.3. The number of pyridine rings is 1. The van der Waals surface area contributed by atoms with Gasteiger partial charge in [-0.3, -0.25) is 10.1 Å². The van der Waals surface area contributed by atoms with Crippen molar-refractivity contribution in [2.24, 2.45) is 5.73 Å². The lowest BCUT2D eigenvalue weighted by molar-refractivity contribution is -0.385. The molecule has 2 unspecified atom stereocenters. The third kappa shape index (κ3) is 2.66. The Kier molecular flexibility index (Phi) is 4.35. The fourth-order valence-electron chi connectivity index (χ4n) is 2.37. The lowest BCUT2D eigenvalue weighted by atomic mass is 9.89. The predicted octanol–water partition coefficient (Wildman–Crippen LogP) is 3.75. The van der Waals surface area contributed by atoms with Crippen molar-refractivity contribution in [3.05, 3.63) is 44.5 Å². The van der Waals surface area contributed by atoms with Crippen molar-refractivity contribution < 1.29 is 4.92 Å². The molecule has 0 radical (unpaired) electrons. The standard InChI is InChI=1S/C14H16BrN3O2/c1-3-11(16)8(2)14-10-6-9(15)4-5-12(10)17-7-13(14)18(19)20/h4-8,11H,3,16H2,1-2H3. The molecule has 2 N–H and O–H groups in total. The summed E-state index contributed by atoms with van der Waals surface area (Å²) in [5, 5.41) is 12.1. The monoisotopic (exact) mass is 337 g/mol. The topological polar surface area (TPSA) is 82.0 Å². The highest BCUT2D eigenvalue weighted by Gasteiger charge is 2.26. The van der Waals surface area contributed by atoms with Gasteiger partial charge in [-0.25, -0.2) is 4.98 Å². The minimum atomic E-state index is -0.387. The molecule has 20 heavy (non-hydrogen) atoms. The number of aromatic nitrogens is 1. The van der Waals surface area contributed by atoms with Gasteiger partial charge in [0.2, 0.25) is 0 Å². The highest BCUT2D eigenvalue weighted by atomic mass is 79.9. The second-order valence-corrected chi connectivity index (χ2v) is 5.75. The van der Waals surface area contributed by atoms with Crippen LogP contribution in [-0.4, -0.2) is 15.9 Å². The molecule has 0 bridgehead atoms. The quantitative estimate of drug-likeness (QED) is 0.680. The number of hydrogen-bond acceptors (Lipinski definition) is 4. The van der Waals surface area contributed by atoms with Gasteiger partial charge in [-0.2, -0.15) is 0 Å². The Balaban J connectivity index is 2.77. The number of nitrogens with two attached hydrogens (primary N) is 1. The van der Waals surface area contributed by atoms with Gasteiger partial charge in [0.15, 0.2) is 0 Å². The van der Waals surface area contributed by atoms with Gasteiger partial charge in [-0.15, -0.1) is 0 Å². The van der Waals surface area contributed by atoms with Crippen LogP contribution in [0, 0.1) is 10.1 Å². The average molecular weight is 338 g/mol. The molecule has 1 aromatic carbocycles. The van der Waals surface area contributed by atoms with E-state index < -0.39 is 0 Å². The number of benzene rings is 1.